The maximum atomic E-state index is 14.2. The Kier molecular flexibility index (Phi) is 7.20. The maximum absolute atomic E-state index is 14.2. The van der Waals surface area contributed by atoms with Crippen molar-refractivity contribution in [2.45, 2.75) is 46.8 Å². The van der Waals surface area contributed by atoms with E-state index in [1.165, 1.54) is 12.1 Å². The molecule has 1 aromatic heterocycles. The summed E-state index contributed by atoms with van der Waals surface area (Å²) in [6, 6.07) is 15.2. The summed E-state index contributed by atoms with van der Waals surface area (Å²) < 4.78 is 25.9. The van der Waals surface area contributed by atoms with Gasteiger partial charge >= 0.3 is 0 Å². The lowest BCUT2D eigenvalue weighted by Crippen LogP contribution is -2.45. The second-order valence-corrected chi connectivity index (χ2v) is 10.2. The largest absolute Gasteiger partial charge is 0.486 e. The minimum atomic E-state index is -0.572. The van der Waals surface area contributed by atoms with Gasteiger partial charge in [-0.05, 0) is 66.4 Å². The van der Waals surface area contributed by atoms with Crippen molar-refractivity contribution in [3.8, 4) is 5.75 Å². The van der Waals surface area contributed by atoms with Crippen LogP contribution < -0.4 is 4.74 Å². The number of hydrogen-bond donors (Lipinski definition) is 0. The van der Waals surface area contributed by atoms with Crippen LogP contribution in [0.1, 0.15) is 66.7 Å². The fourth-order valence-electron chi connectivity index (χ4n) is 4.43. The zero-order valence-corrected chi connectivity index (χ0v) is 21.5. The number of fused-ring (bicyclic) bond motifs is 1. The first kappa shape index (κ1) is 25.5. The molecule has 0 fully saturated rings. The molecule has 3 aromatic rings. The number of amides is 2. The summed E-state index contributed by atoms with van der Waals surface area (Å²) in [6.45, 7) is 8.88. The molecule has 2 amide bonds. The summed E-state index contributed by atoms with van der Waals surface area (Å²) in [7, 11) is 1.72. The number of carbonyl (C=O) groups excluding carboxylic acids is 2. The van der Waals surface area contributed by atoms with Gasteiger partial charge in [-0.2, -0.15) is 0 Å². The van der Waals surface area contributed by atoms with Crippen molar-refractivity contribution in [2.24, 2.45) is 5.41 Å². The summed E-state index contributed by atoms with van der Waals surface area (Å²) in [5, 5.41) is 0. The Morgan fingerprint density at radius 3 is 2.61 bits per heavy atom. The molecule has 1 aliphatic heterocycles. The van der Waals surface area contributed by atoms with Crippen molar-refractivity contribution in [2.75, 3.05) is 20.1 Å². The summed E-state index contributed by atoms with van der Waals surface area (Å²) >= 11 is 0. The minimum Gasteiger partial charge on any atom is -0.486 e. The number of carbonyl (C=O) groups is 2. The highest BCUT2D eigenvalue weighted by molar-refractivity contribution is 5.91. The Hall–Kier alpha value is -3.61. The van der Waals surface area contributed by atoms with E-state index in [2.05, 4.69) is 0 Å². The molecule has 0 aliphatic carbocycles. The maximum Gasteiger partial charge on any atom is 0.289 e. The van der Waals surface area contributed by atoms with E-state index < -0.39 is 11.5 Å². The third kappa shape index (κ3) is 5.30. The number of benzene rings is 2. The normalized spacial score (nSPS) is 15.4. The number of ether oxygens (including phenoxy) is 1. The lowest BCUT2D eigenvalue weighted by molar-refractivity contribution is -0.141. The van der Waals surface area contributed by atoms with E-state index in [4.69, 9.17) is 9.15 Å². The minimum absolute atomic E-state index is 0.0126. The Labute approximate surface area is 211 Å². The molecule has 0 saturated carbocycles. The van der Waals surface area contributed by atoms with Gasteiger partial charge in [-0.25, -0.2) is 4.39 Å². The van der Waals surface area contributed by atoms with Crippen LogP contribution >= 0.6 is 0 Å². The van der Waals surface area contributed by atoms with Gasteiger partial charge in [0.2, 0.25) is 5.91 Å². The van der Waals surface area contributed by atoms with Crippen LogP contribution in [0.25, 0.3) is 0 Å². The van der Waals surface area contributed by atoms with Crippen LogP contribution in [0, 0.1) is 11.2 Å². The molecule has 2 heterocycles. The van der Waals surface area contributed by atoms with Crippen LogP contribution in [0.5, 0.6) is 5.75 Å². The fraction of sp³-hybridized carbons (Fsp3) is 0.379. The molecule has 0 spiro atoms. The fourth-order valence-corrected chi connectivity index (χ4v) is 4.43. The highest BCUT2D eigenvalue weighted by Gasteiger charge is 2.37. The van der Waals surface area contributed by atoms with E-state index >= 15 is 0 Å². The SMILES string of the molecule is CCN(C)C(=O)c1ccc(COc2ccc3c(c2)[C@@H](c2cccc(F)c2)N(C(=O)C(C)(C)C)CC3)o1. The summed E-state index contributed by atoms with van der Waals surface area (Å²) in [4.78, 5) is 29.1. The molecule has 0 N–H and O–H groups in total. The van der Waals surface area contributed by atoms with Crippen LogP contribution in [0.3, 0.4) is 0 Å². The molecule has 4 rings (SSSR count). The van der Waals surface area contributed by atoms with Gasteiger partial charge in [-0.3, -0.25) is 9.59 Å². The molecular weight excluding hydrogens is 459 g/mol. The number of halogens is 1. The van der Waals surface area contributed by atoms with E-state index in [-0.39, 0.29) is 30.0 Å². The van der Waals surface area contributed by atoms with Gasteiger partial charge in [-0.15, -0.1) is 0 Å². The Morgan fingerprint density at radius 1 is 1.14 bits per heavy atom. The van der Waals surface area contributed by atoms with Crippen molar-refractivity contribution >= 4 is 11.8 Å². The molecule has 1 atom stereocenters. The van der Waals surface area contributed by atoms with Crippen molar-refractivity contribution < 1.29 is 23.1 Å². The highest BCUT2D eigenvalue weighted by atomic mass is 19.1. The Balaban J connectivity index is 1.62. The second-order valence-electron chi connectivity index (χ2n) is 10.2. The molecule has 190 valence electrons. The van der Waals surface area contributed by atoms with Gasteiger partial charge < -0.3 is 19.0 Å². The molecule has 2 aromatic carbocycles. The van der Waals surface area contributed by atoms with Crippen molar-refractivity contribution in [3.05, 3.63) is 88.6 Å². The van der Waals surface area contributed by atoms with Crippen molar-refractivity contribution in [3.63, 3.8) is 0 Å². The Bertz CT molecular complexity index is 1260. The van der Waals surface area contributed by atoms with Crippen molar-refractivity contribution in [1.82, 2.24) is 9.80 Å². The van der Waals surface area contributed by atoms with Crippen LogP contribution in [-0.4, -0.2) is 41.8 Å². The summed E-state index contributed by atoms with van der Waals surface area (Å²) in [6.07, 6.45) is 0.706. The predicted molar refractivity (Wildman–Crippen MR) is 135 cm³/mol. The lowest BCUT2D eigenvalue weighted by atomic mass is 9.85. The first-order valence-electron chi connectivity index (χ1n) is 12.2. The first-order chi connectivity index (χ1) is 17.1. The molecular formula is C29H33FN2O4. The number of hydrogen-bond acceptors (Lipinski definition) is 4. The third-order valence-corrected chi connectivity index (χ3v) is 6.49. The monoisotopic (exact) mass is 492 g/mol. The smallest absolute Gasteiger partial charge is 0.289 e. The van der Waals surface area contributed by atoms with Gasteiger partial charge in [0.1, 0.15) is 23.9 Å². The van der Waals surface area contributed by atoms with Crippen molar-refractivity contribution in [1.29, 1.82) is 0 Å². The van der Waals surface area contributed by atoms with Gasteiger partial charge in [0.15, 0.2) is 5.76 Å². The predicted octanol–water partition coefficient (Wildman–Crippen LogP) is 5.61. The first-order valence-corrected chi connectivity index (χ1v) is 12.2. The number of rotatable bonds is 6. The van der Waals surface area contributed by atoms with E-state index in [0.29, 0.717) is 31.0 Å². The molecule has 0 bridgehead atoms. The highest BCUT2D eigenvalue weighted by Crippen LogP contribution is 2.39. The van der Waals surface area contributed by atoms with E-state index in [1.807, 2.05) is 56.9 Å². The average Bonchev–Trinajstić information content (AvgIpc) is 3.33. The molecule has 6 nitrogen and oxygen atoms in total. The summed E-state index contributed by atoms with van der Waals surface area (Å²) in [5.74, 6) is 0.901. The molecule has 7 heteroatoms. The lowest BCUT2D eigenvalue weighted by Gasteiger charge is -2.41. The van der Waals surface area contributed by atoms with Gasteiger partial charge in [0, 0.05) is 25.6 Å². The second kappa shape index (κ2) is 10.2. The number of nitrogens with zero attached hydrogens (tertiary/aromatic N) is 2. The average molecular weight is 493 g/mol. The van der Waals surface area contributed by atoms with E-state index in [9.17, 15) is 14.0 Å². The van der Waals surface area contributed by atoms with Crippen LogP contribution in [0.2, 0.25) is 0 Å². The number of furan rings is 1. The zero-order valence-electron chi connectivity index (χ0n) is 21.5. The molecule has 0 saturated heterocycles. The van der Waals surface area contributed by atoms with Crippen LogP contribution in [0.4, 0.5) is 4.39 Å². The van der Waals surface area contributed by atoms with E-state index in [1.54, 1.807) is 30.1 Å². The van der Waals surface area contributed by atoms with E-state index in [0.717, 1.165) is 16.7 Å². The quantitative estimate of drug-likeness (QED) is 0.449. The van der Waals surface area contributed by atoms with Gasteiger partial charge in [0.25, 0.3) is 5.91 Å². The summed E-state index contributed by atoms with van der Waals surface area (Å²) in [5.41, 5.74) is 2.17. The standard InChI is InChI=1S/C29H33FN2O4/c1-6-31(5)27(33)25-13-12-23(36-25)18-35-22-11-10-19-14-15-32(28(34)29(2,3)4)26(24(19)17-22)20-8-7-9-21(30)16-20/h7-13,16-17,26H,6,14-15,18H2,1-5H3/t26-/m1/s1. The molecule has 36 heavy (non-hydrogen) atoms. The molecule has 0 radical (unpaired) electrons. The molecule has 0 unspecified atom stereocenters. The van der Waals surface area contributed by atoms with Gasteiger partial charge in [0.05, 0.1) is 6.04 Å². The zero-order chi connectivity index (χ0) is 26.0. The van der Waals surface area contributed by atoms with Crippen LogP contribution in [0.15, 0.2) is 59.0 Å². The topological polar surface area (TPSA) is 63.0 Å². The Morgan fingerprint density at radius 2 is 1.92 bits per heavy atom. The molecule has 1 aliphatic rings. The van der Waals surface area contributed by atoms with Crippen LogP contribution in [-0.2, 0) is 17.8 Å². The van der Waals surface area contributed by atoms with Gasteiger partial charge in [-0.1, -0.05) is 39.0 Å². The third-order valence-electron chi connectivity index (χ3n) is 6.49.